The van der Waals surface area contributed by atoms with Crippen LogP contribution in [0.15, 0.2) is 41.5 Å². The van der Waals surface area contributed by atoms with Gasteiger partial charge in [-0.3, -0.25) is 4.79 Å². The standard InChI is InChI=1S/C18H17Cl2FN2O2/c1-12-10-13(19)7-8-17(12)25-9-3-6-18(24)23-22-11-14-15(20)4-2-5-16(14)21/h2,4-5,7-8,10-11H,3,6,9H2,1H3,(H,23,24)/b22-11+. The summed E-state index contributed by atoms with van der Waals surface area (Å²) in [7, 11) is 0. The summed E-state index contributed by atoms with van der Waals surface area (Å²) in [6.45, 7) is 2.29. The van der Waals surface area contributed by atoms with Crippen molar-refractivity contribution in [2.24, 2.45) is 5.10 Å². The number of halogens is 3. The van der Waals surface area contributed by atoms with Gasteiger partial charge >= 0.3 is 0 Å². The molecule has 0 saturated carbocycles. The van der Waals surface area contributed by atoms with Gasteiger partial charge in [-0.15, -0.1) is 0 Å². The molecule has 0 spiro atoms. The number of hydrazone groups is 1. The first-order valence-corrected chi connectivity index (χ1v) is 8.38. The van der Waals surface area contributed by atoms with Crippen molar-refractivity contribution in [1.29, 1.82) is 0 Å². The van der Waals surface area contributed by atoms with Crippen LogP contribution in [0.25, 0.3) is 0 Å². The first-order chi connectivity index (χ1) is 12.0. The number of carbonyl (C=O) groups excluding carboxylic acids is 1. The van der Waals surface area contributed by atoms with Crippen LogP contribution in [0.2, 0.25) is 10.0 Å². The molecule has 0 aliphatic rings. The van der Waals surface area contributed by atoms with Crippen molar-refractivity contribution in [2.75, 3.05) is 6.61 Å². The van der Waals surface area contributed by atoms with E-state index in [9.17, 15) is 9.18 Å². The van der Waals surface area contributed by atoms with Crippen LogP contribution in [0.1, 0.15) is 24.0 Å². The van der Waals surface area contributed by atoms with Crippen molar-refractivity contribution >= 4 is 35.3 Å². The maximum atomic E-state index is 13.5. The summed E-state index contributed by atoms with van der Waals surface area (Å²) < 4.78 is 19.1. The highest BCUT2D eigenvalue weighted by Crippen LogP contribution is 2.22. The van der Waals surface area contributed by atoms with Crippen LogP contribution < -0.4 is 10.2 Å². The van der Waals surface area contributed by atoms with E-state index in [1.54, 1.807) is 18.2 Å². The molecule has 0 bridgehead atoms. The lowest BCUT2D eigenvalue weighted by molar-refractivity contribution is -0.121. The highest BCUT2D eigenvalue weighted by atomic mass is 35.5. The lowest BCUT2D eigenvalue weighted by atomic mass is 10.2. The summed E-state index contributed by atoms with van der Waals surface area (Å²) in [4.78, 5) is 11.7. The van der Waals surface area contributed by atoms with Gasteiger partial charge in [0, 0.05) is 17.0 Å². The van der Waals surface area contributed by atoms with E-state index in [-0.39, 0.29) is 22.9 Å². The number of nitrogens with one attached hydrogen (secondary N) is 1. The average Bonchev–Trinajstić information content (AvgIpc) is 2.56. The van der Waals surface area contributed by atoms with Crippen LogP contribution in [-0.2, 0) is 4.79 Å². The van der Waals surface area contributed by atoms with E-state index in [1.807, 2.05) is 13.0 Å². The average molecular weight is 383 g/mol. The van der Waals surface area contributed by atoms with Gasteiger partial charge < -0.3 is 4.74 Å². The fourth-order valence-electron chi connectivity index (χ4n) is 2.05. The summed E-state index contributed by atoms with van der Waals surface area (Å²) in [6, 6.07) is 9.66. The Bertz CT molecular complexity index is 761. The second-order valence-electron chi connectivity index (χ2n) is 5.29. The first kappa shape index (κ1) is 19.2. The molecule has 132 valence electrons. The molecule has 0 unspecified atom stereocenters. The molecule has 2 aromatic carbocycles. The van der Waals surface area contributed by atoms with Gasteiger partial charge in [0.25, 0.3) is 0 Å². The molecule has 1 N–H and O–H groups in total. The molecule has 4 nitrogen and oxygen atoms in total. The molecule has 0 heterocycles. The van der Waals surface area contributed by atoms with Gasteiger partial charge in [-0.1, -0.05) is 29.3 Å². The third-order valence-corrected chi connectivity index (χ3v) is 3.89. The number of rotatable bonds is 7. The molecule has 0 fully saturated rings. The van der Waals surface area contributed by atoms with Gasteiger partial charge in [-0.25, -0.2) is 9.82 Å². The number of aryl methyl sites for hydroxylation is 1. The lowest BCUT2D eigenvalue weighted by Crippen LogP contribution is -2.18. The summed E-state index contributed by atoms with van der Waals surface area (Å²) >= 11 is 11.7. The zero-order valence-corrected chi connectivity index (χ0v) is 15.1. The first-order valence-electron chi connectivity index (χ1n) is 7.62. The number of carbonyl (C=O) groups is 1. The van der Waals surface area contributed by atoms with Crippen LogP contribution >= 0.6 is 23.2 Å². The minimum Gasteiger partial charge on any atom is -0.493 e. The molecule has 0 aromatic heterocycles. The largest absolute Gasteiger partial charge is 0.493 e. The molecular formula is C18H17Cl2FN2O2. The Morgan fingerprint density at radius 3 is 2.84 bits per heavy atom. The number of hydrogen-bond donors (Lipinski definition) is 1. The predicted molar refractivity (Wildman–Crippen MR) is 98.1 cm³/mol. The van der Waals surface area contributed by atoms with E-state index >= 15 is 0 Å². The van der Waals surface area contributed by atoms with Crippen LogP contribution in [-0.4, -0.2) is 18.7 Å². The van der Waals surface area contributed by atoms with E-state index in [2.05, 4.69) is 10.5 Å². The number of amides is 1. The zero-order valence-electron chi connectivity index (χ0n) is 13.6. The zero-order chi connectivity index (χ0) is 18.2. The summed E-state index contributed by atoms with van der Waals surface area (Å²) in [5, 5.41) is 4.60. The monoisotopic (exact) mass is 382 g/mol. The Labute approximate surface area is 155 Å². The van der Waals surface area contributed by atoms with Crippen LogP contribution in [0.3, 0.4) is 0 Å². The van der Waals surface area contributed by atoms with E-state index in [4.69, 9.17) is 27.9 Å². The molecule has 0 radical (unpaired) electrons. The Hall–Kier alpha value is -2.11. The maximum absolute atomic E-state index is 13.5. The van der Waals surface area contributed by atoms with E-state index in [0.717, 1.165) is 11.3 Å². The molecule has 0 saturated heterocycles. The third-order valence-electron chi connectivity index (χ3n) is 3.33. The molecule has 0 aliphatic heterocycles. The lowest BCUT2D eigenvalue weighted by Gasteiger charge is -2.08. The van der Waals surface area contributed by atoms with Crippen molar-refractivity contribution in [2.45, 2.75) is 19.8 Å². The number of ether oxygens (including phenoxy) is 1. The highest BCUT2D eigenvalue weighted by Gasteiger charge is 2.05. The minimum absolute atomic E-state index is 0.131. The van der Waals surface area contributed by atoms with Crippen LogP contribution in [0, 0.1) is 12.7 Å². The van der Waals surface area contributed by atoms with E-state index < -0.39 is 5.82 Å². The van der Waals surface area contributed by atoms with E-state index in [0.29, 0.717) is 18.1 Å². The third kappa shape index (κ3) is 6.03. The number of benzene rings is 2. The SMILES string of the molecule is Cc1cc(Cl)ccc1OCCCC(=O)N/N=C/c1c(F)cccc1Cl. The summed E-state index contributed by atoms with van der Waals surface area (Å²) in [5.74, 6) is -0.0607. The fourth-order valence-corrected chi connectivity index (χ4v) is 2.49. The second kappa shape index (κ2) is 9.39. The van der Waals surface area contributed by atoms with Crippen molar-refractivity contribution in [1.82, 2.24) is 5.43 Å². The molecule has 2 rings (SSSR count). The van der Waals surface area contributed by atoms with Crippen molar-refractivity contribution in [3.63, 3.8) is 0 Å². The number of hydrogen-bond acceptors (Lipinski definition) is 3. The Morgan fingerprint density at radius 2 is 2.12 bits per heavy atom. The Morgan fingerprint density at radius 1 is 1.32 bits per heavy atom. The molecule has 7 heteroatoms. The molecule has 2 aromatic rings. The van der Waals surface area contributed by atoms with Gasteiger partial charge in [0.2, 0.25) is 5.91 Å². The van der Waals surface area contributed by atoms with Gasteiger partial charge in [-0.2, -0.15) is 5.10 Å². The van der Waals surface area contributed by atoms with Crippen LogP contribution in [0.4, 0.5) is 4.39 Å². The Kier molecular flexibility index (Phi) is 7.22. The molecule has 0 aliphatic carbocycles. The van der Waals surface area contributed by atoms with Gasteiger partial charge in [-0.05, 0) is 49.2 Å². The van der Waals surface area contributed by atoms with E-state index in [1.165, 1.54) is 18.3 Å². The minimum atomic E-state index is -0.503. The summed E-state index contributed by atoms with van der Waals surface area (Å²) in [5.41, 5.74) is 3.40. The molecule has 1 amide bonds. The number of nitrogens with zero attached hydrogens (tertiary/aromatic N) is 1. The fraction of sp³-hybridized carbons (Fsp3) is 0.222. The highest BCUT2D eigenvalue weighted by molar-refractivity contribution is 6.33. The Balaban J connectivity index is 1.73. The van der Waals surface area contributed by atoms with Crippen LogP contribution in [0.5, 0.6) is 5.75 Å². The predicted octanol–water partition coefficient (Wildman–Crippen LogP) is 4.75. The van der Waals surface area contributed by atoms with Crippen molar-refractivity contribution in [3.05, 3.63) is 63.4 Å². The maximum Gasteiger partial charge on any atom is 0.240 e. The van der Waals surface area contributed by atoms with Crippen molar-refractivity contribution in [3.8, 4) is 5.75 Å². The molecule has 25 heavy (non-hydrogen) atoms. The normalized spacial score (nSPS) is 10.9. The summed E-state index contributed by atoms with van der Waals surface area (Å²) in [6.07, 6.45) is 1.93. The molecule has 0 atom stereocenters. The molecular weight excluding hydrogens is 366 g/mol. The van der Waals surface area contributed by atoms with Gasteiger partial charge in [0.1, 0.15) is 11.6 Å². The second-order valence-corrected chi connectivity index (χ2v) is 6.13. The smallest absolute Gasteiger partial charge is 0.240 e. The quantitative estimate of drug-likeness (QED) is 0.426. The van der Waals surface area contributed by atoms with Crippen molar-refractivity contribution < 1.29 is 13.9 Å². The van der Waals surface area contributed by atoms with Gasteiger partial charge in [0.05, 0.1) is 17.8 Å². The topological polar surface area (TPSA) is 50.7 Å². The van der Waals surface area contributed by atoms with Gasteiger partial charge in [0.15, 0.2) is 0 Å².